The average molecular weight is 236 g/mol. The van der Waals surface area contributed by atoms with Gasteiger partial charge in [-0.2, -0.15) is 0 Å². The van der Waals surface area contributed by atoms with E-state index in [1.165, 1.54) is 0 Å². The second kappa shape index (κ2) is 4.07. The molecule has 0 amide bonds. The molecular formula is C14H12N4. The van der Waals surface area contributed by atoms with E-state index in [4.69, 9.17) is 5.73 Å². The van der Waals surface area contributed by atoms with Crippen molar-refractivity contribution in [1.29, 1.82) is 0 Å². The third-order valence-electron chi connectivity index (χ3n) is 2.86. The van der Waals surface area contributed by atoms with Gasteiger partial charge in [-0.1, -0.05) is 42.5 Å². The van der Waals surface area contributed by atoms with Crippen LogP contribution in [-0.2, 0) is 0 Å². The Morgan fingerprint density at radius 3 is 2.56 bits per heavy atom. The highest BCUT2D eigenvalue weighted by molar-refractivity contribution is 5.97. The molecule has 1 aromatic heterocycles. The van der Waals surface area contributed by atoms with Crippen LogP contribution in [0.25, 0.3) is 22.0 Å². The van der Waals surface area contributed by atoms with E-state index >= 15 is 0 Å². The van der Waals surface area contributed by atoms with Gasteiger partial charge in [-0.05, 0) is 17.7 Å². The maximum atomic E-state index is 5.93. The Bertz CT molecular complexity index is 717. The fraction of sp³-hybridized carbons (Fsp3) is 0.0714. The van der Waals surface area contributed by atoms with Gasteiger partial charge in [-0.25, -0.2) is 4.98 Å². The van der Waals surface area contributed by atoms with Crippen LogP contribution in [0.1, 0.15) is 5.82 Å². The van der Waals surface area contributed by atoms with E-state index in [0.29, 0.717) is 17.3 Å². The number of aromatic nitrogens is 3. The van der Waals surface area contributed by atoms with Crippen LogP contribution in [0, 0.1) is 6.92 Å². The predicted octanol–water partition coefficient (Wildman–Crippen LogP) is 2.58. The van der Waals surface area contributed by atoms with Crippen LogP contribution in [0.5, 0.6) is 0 Å². The number of hydrogen-bond acceptors (Lipinski definition) is 4. The van der Waals surface area contributed by atoms with Crippen molar-refractivity contribution in [1.82, 2.24) is 15.2 Å². The first-order chi connectivity index (χ1) is 8.75. The van der Waals surface area contributed by atoms with Crippen molar-refractivity contribution in [3.8, 4) is 11.3 Å². The molecule has 3 rings (SSSR count). The lowest BCUT2D eigenvalue weighted by Crippen LogP contribution is -2.02. The molecule has 3 aromatic rings. The number of hydrogen-bond donors (Lipinski definition) is 1. The molecule has 2 aromatic carbocycles. The molecule has 1 heterocycles. The van der Waals surface area contributed by atoms with Crippen molar-refractivity contribution in [2.24, 2.45) is 0 Å². The summed E-state index contributed by atoms with van der Waals surface area (Å²) in [6.07, 6.45) is 0. The average Bonchev–Trinajstić information content (AvgIpc) is 2.38. The summed E-state index contributed by atoms with van der Waals surface area (Å²) in [5, 5.41) is 10.4. The monoisotopic (exact) mass is 236 g/mol. The lowest BCUT2D eigenvalue weighted by molar-refractivity contribution is 0.921. The van der Waals surface area contributed by atoms with Crippen molar-refractivity contribution in [2.75, 3.05) is 5.73 Å². The van der Waals surface area contributed by atoms with Gasteiger partial charge in [-0.3, -0.25) is 0 Å². The Morgan fingerprint density at radius 2 is 1.72 bits per heavy atom. The highest BCUT2D eigenvalue weighted by Gasteiger charge is 2.10. The standard InChI is InChI=1S/C14H12N4/c1-9-16-14(15)13(18-17-9)12-8-4-6-10-5-2-3-7-11(10)12/h2-8H,1H3,(H2,15,16,17). The molecule has 88 valence electrons. The Hall–Kier alpha value is -2.49. The van der Waals surface area contributed by atoms with Crippen LogP contribution >= 0.6 is 0 Å². The summed E-state index contributed by atoms with van der Waals surface area (Å²) in [4.78, 5) is 4.16. The first-order valence-corrected chi connectivity index (χ1v) is 5.70. The minimum Gasteiger partial charge on any atom is -0.382 e. The number of aryl methyl sites for hydroxylation is 1. The molecule has 4 heteroatoms. The molecule has 0 saturated heterocycles. The highest BCUT2D eigenvalue weighted by Crippen LogP contribution is 2.29. The van der Waals surface area contributed by atoms with Gasteiger partial charge >= 0.3 is 0 Å². The number of rotatable bonds is 1. The summed E-state index contributed by atoms with van der Waals surface area (Å²) in [5.41, 5.74) is 7.53. The van der Waals surface area contributed by atoms with Gasteiger partial charge in [-0.15, -0.1) is 10.2 Å². The SMILES string of the molecule is Cc1nnc(-c2cccc3ccccc23)c(N)n1. The third kappa shape index (κ3) is 1.68. The van der Waals surface area contributed by atoms with E-state index in [1.807, 2.05) is 30.3 Å². The molecule has 0 bridgehead atoms. The molecule has 0 saturated carbocycles. The maximum Gasteiger partial charge on any atom is 0.154 e. The van der Waals surface area contributed by atoms with E-state index in [1.54, 1.807) is 6.92 Å². The van der Waals surface area contributed by atoms with Crippen molar-refractivity contribution >= 4 is 16.6 Å². The minimum atomic E-state index is 0.416. The van der Waals surface area contributed by atoms with Gasteiger partial charge in [0, 0.05) is 5.56 Å². The minimum absolute atomic E-state index is 0.416. The molecule has 0 unspecified atom stereocenters. The quantitative estimate of drug-likeness (QED) is 0.705. The topological polar surface area (TPSA) is 64.7 Å². The zero-order valence-electron chi connectivity index (χ0n) is 9.96. The van der Waals surface area contributed by atoms with Gasteiger partial charge in [0.25, 0.3) is 0 Å². The lowest BCUT2D eigenvalue weighted by atomic mass is 10.0. The number of nitrogens with zero attached hydrogens (tertiary/aromatic N) is 3. The van der Waals surface area contributed by atoms with Gasteiger partial charge in [0.2, 0.25) is 0 Å². The van der Waals surface area contributed by atoms with Crippen molar-refractivity contribution in [3.63, 3.8) is 0 Å². The number of nitrogens with two attached hydrogens (primary N) is 1. The molecule has 4 nitrogen and oxygen atoms in total. The number of benzene rings is 2. The molecular weight excluding hydrogens is 224 g/mol. The van der Waals surface area contributed by atoms with Gasteiger partial charge in [0.1, 0.15) is 11.5 Å². The third-order valence-corrected chi connectivity index (χ3v) is 2.86. The summed E-state index contributed by atoms with van der Waals surface area (Å²) in [6.45, 7) is 1.77. The molecule has 0 radical (unpaired) electrons. The molecule has 0 aliphatic carbocycles. The van der Waals surface area contributed by atoms with Crippen LogP contribution in [-0.4, -0.2) is 15.2 Å². The number of nitrogen functional groups attached to an aromatic ring is 1. The summed E-state index contributed by atoms with van der Waals surface area (Å²) >= 11 is 0. The number of anilines is 1. The summed E-state index contributed by atoms with van der Waals surface area (Å²) in [5.74, 6) is 0.996. The number of fused-ring (bicyclic) bond motifs is 1. The highest BCUT2D eigenvalue weighted by atomic mass is 15.2. The Labute approximate surface area is 105 Å². The van der Waals surface area contributed by atoms with Crippen LogP contribution in [0.4, 0.5) is 5.82 Å². The van der Waals surface area contributed by atoms with Crippen molar-refractivity contribution in [3.05, 3.63) is 48.3 Å². The van der Waals surface area contributed by atoms with Gasteiger partial charge in [0.05, 0.1) is 0 Å². The van der Waals surface area contributed by atoms with E-state index in [9.17, 15) is 0 Å². The van der Waals surface area contributed by atoms with E-state index in [0.717, 1.165) is 16.3 Å². The zero-order chi connectivity index (χ0) is 12.5. The van der Waals surface area contributed by atoms with Crippen molar-refractivity contribution in [2.45, 2.75) is 6.92 Å². The van der Waals surface area contributed by atoms with Crippen molar-refractivity contribution < 1.29 is 0 Å². The van der Waals surface area contributed by atoms with E-state index in [-0.39, 0.29) is 0 Å². The predicted molar refractivity (Wildman–Crippen MR) is 71.9 cm³/mol. The molecule has 18 heavy (non-hydrogen) atoms. The Kier molecular flexibility index (Phi) is 2.41. The summed E-state index contributed by atoms with van der Waals surface area (Å²) < 4.78 is 0. The normalized spacial score (nSPS) is 10.7. The van der Waals surface area contributed by atoms with E-state index in [2.05, 4.69) is 27.3 Å². The first-order valence-electron chi connectivity index (χ1n) is 5.70. The Balaban J connectivity index is 2.31. The molecule has 0 atom stereocenters. The first kappa shape index (κ1) is 10.7. The van der Waals surface area contributed by atoms with Crippen LogP contribution < -0.4 is 5.73 Å². The zero-order valence-corrected chi connectivity index (χ0v) is 9.96. The maximum absolute atomic E-state index is 5.93. The van der Waals surface area contributed by atoms with E-state index < -0.39 is 0 Å². The molecule has 2 N–H and O–H groups in total. The van der Waals surface area contributed by atoms with Gasteiger partial charge in [0.15, 0.2) is 5.82 Å². The largest absolute Gasteiger partial charge is 0.382 e. The molecule has 0 fully saturated rings. The lowest BCUT2D eigenvalue weighted by Gasteiger charge is -2.07. The molecule has 0 aliphatic rings. The second-order valence-electron chi connectivity index (χ2n) is 4.12. The Morgan fingerprint density at radius 1 is 0.944 bits per heavy atom. The van der Waals surface area contributed by atoms with Crippen LogP contribution in [0.3, 0.4) is 0 Å². The molecule has 0 aliphatic heterocycles. The summed E-state index contributed by atoms with van der Waals surface area (Å²) in [7, 11) is 0. The fourth-order valence-electron chi connectivity index (χ4n) is 2.05. The van der Waals surface area contributed by atoms with Crippen LogP contribution in [0.15, 0.2) is 42.5 Å². The second-order valence-corrected chi connectivity index (χ2v) is 4.12. The fourth-order valence-corrected chi connectivity index (χ4v) is 2.05. The van der Waals surface area contributed by atoms with Crippen LogP contribution in [0.2, 0.25) is 0 Å². The smallest absolute Gasteiger partial charge is 0.154 e. The molecule has 0 spiro atoms. The summed E-state index contributed by atoms with van der Waals surface area (Å²) in [6, 6.07) is 14.1. The van der Waals surface area contributed by atoms with Gasteiger partial charge < -0.3 is 5.73 Å².